The molecule has 2 atom stereocenters. The first-order valence-electron chi connectivity index (χ1n) is 10.9. The minimum atomic E-state index is 0.0666. The van der Waals surface area contributed by atoms with Crippen molar-refractivity contribution in [2.75, 3.05) is 31.5 Å². The third-order valence-electron chi connectivity index (χ3n) is 6.47. The van der Waals surface area contributed by atoms with E-state index >= 15 is 0 Å². The Balaban J connectivity index is 1.57. The number of nitrogens with one attached hydrogen (secondary N) is 1. The van der Waals surface area contributed by atoms with Crippen molar-refractivity contribution in [3.63, 3.8) is 0 Å². The van der Waals surface area contributed by atoms with Crippen LogP contribution in [0.1, 0.15) is 43.0 Å². The highest BCUT2D eigenvalue weighted by Crippen LogP contribution is 2.28. The molecule has 1 N–H and O–H groups in total. The first-order valence-corrected chi connectivity index (χ1v) is 11.3. The average molecular weight is 423 g/mol. The van der Waals surface area contributed by atoms with Crippen LogP contribution in [-0.4, -0.2) is 52.0 Å². The first kappa shape index (κ1) is 20.8. The van der Waals surface area contributed by atoms with E-state index in [4.69, 9.17) is 12.2 Å². The van der Waals surface area contributed by atoms with E-state index < -0.39 is 0 Å². The van der Waals surface area contributed by atoms with Crippen LogP contribution in [0.5, 0.6) is 0 Å². The first-order chi connectivity index (χ1) is 14.6. The van der Waals surface area contributed by atoms with Crippen molar-refractivity contribution in [3.8, 4) is 0 Å². The number of carbonyl (C=O) groups is 1. The fourth-order valence-corrected chi connectivity index (χ4v) is 4.77. The number of fused-ring (bicyclic) bond motifs is 1. The lowest BCUT2D eigenvalue weighted by Gasteiger charge is -2.35. The molecule has 5 nitrogen and oxygen atoms in total. The molecule has 2 saturated heterocycles. The second-order valence-corrected chi connectivity index (χ2v) is 8.87. The molecule has 2 aliphatic heterocycles. The number of amides is 1. The summed E-state index contributed by atoms with van der Waals surface area (Å²) in [5.41, 5.74) is 2.42. The van der Waals surface area contributed by atoms with Crippen molar-refractivity contribution >= 4 is 39.8 Å². The predicted molar refractivity (Wildman–Crippen MR) is 127 cm³/mol. The van der Waals surface area contributed by atoms with E-state index in [1.54, 1.807) is 6.20 Å². The van der Waals surface area contributed by atoms with E-state index in [-0.39, 0.29) is 5.91 Å². The summed E-state index contributed by atoms with van der Waals surface area (Å²) in [6, 6.07) is 7.77. The van der Waals surface area contributed by atoms with E-state index in [1.807, 2.05) is 35.2 Å². The minimum Gasteiger partial charge on any atom is -0.349 e. The zero-order valence-corrected chi connectivity index (χ0v) is 18.5. The van der Waals surface area contributed by atoms with Gasteiger partial charge in [0, 0.05) is 43.4 Å². The molecule has 1 amide bonds. The number of nitrogens with zero attached hydrogens (tertiary/aromatic N) is 3. The molecule has 2 aromatic rings. The number of pyridine rings is 1. The van der Waals surface area contributed by atoms with E-state index in [0.717, 1.165) is 54.3 Å². The van der Waals surface area contributed by atoms with Gasteiger partial charge in [-0.15, -0.1) is 6.58 Å². The van der Waals surface area contributed by atoms with Gasteiger partial charge in [-0.05, 0) is 74.0 Å². The normalized spacial score (nSPS) is 22.0. The number of hydrogen-bond acceptors (Lipinski definition) is 3. The molecule has 6 heteroatoms. The van der Waals surface area contributed by atoms with E-state index in [2.05, 4.69) is 28.7 Å². The van der Waals surface area contributed by atoms with Gasteiger partial charge in [-0.1, -0.05) is 13.0 Å². The summed E-state index contributed by atoms with van der Waals surface area (Å²) < 4.78 is 0. The smallest absolute Gasteiger partial charge is 0.254 e. The maximum Gasteiger partial charge on any atom is 0.254 e. The van der Waals surface area contributed by atoms with E-state index in [1.165, 1.54) is 19.3 Å². The van der Waals surface area contributed by atoms with E-state index in [0.29, 0.717) is 17.4 Å². The van der Waals surface area contributed by atoms with Gasteiger partial charge in [-0.2, -0.15) is 0 Å². The van der Waals surface area contributed by atoms with Crippen LogP contribution in [0, 0.1) is 11.8 Å². The highest BCUT2D eigenvalue weighted by Gasteiger charge is 2.28. The molecule has 3 heterocycles. The van der Waals surface area contributed by atoms with Crippen molar-refractivity contribution in [1.29, 1.82) is 0 Å². The number of hydrogen-bond donors (Lipinski definition) is 1. The molecule has 0 spiro atoms. The van der Waals surface area contributed by atoms with Gasteiger partial charge in [0.05, 0.1) is 11.1 Å². The Kier molecular flexibility index (Phi) is 6.32. The van der Waals surface area contributed by atoms with Crippen LogP contribution in [0.3, 0.4) is 0 Å². The Morgan fingerprint density at radius 1 is 1.20 bits per heavy atom. The Bertz CT molecular complexity index is 953. The maximum absolute atomic E-state index is 13.4. The molecule has 0 aliphatic carbocycles. The van der Waals surface area contributed by atoms with Gasteiger partial charge in [-0.3, -0.25) is 9.78 Å². The molecule has 30 heavy (non-hydrogen) atoms. The molecule has 0 radical (unpaired) electrons. The quantitative estimate of drug-likeness (QED) is 0.574. The fraction of sp³-hybridized carbons (Fsp3) is 0.458. The van der Waals surface area contributed by atoms with Crippen LogP contribution in [0.2, 0.25) is 0 Å². The van der Waals surface area contributed by atoms with Crippen molar-refractivity contribution in [2.45, 2.75) is 32.6 Å². The number of rotatable bonds is 3. The Labute approximate surface area is 184 Å². The van der Waals surface area contributed by atoms with Crippen LogP contribution in [0.4, 0.5) is 5.69 Å². The lowest BCUT2D eigenvalue weighted by atomic mass is 9.87. The molecule has 2 aliphatic rings. The Morgan fingerprint density at radius 2 is 2.00 bits per heavy atom. The summed E-state index contributed by atoms with van der Waals surface area (Å²) >= 11 is 5.62. The molecular formula is C24H30N4OS. The monoisotopic (exact) mass is 422 g/mol. The summed E-state index contributed by atoms with van der Waals surface area (Å²) in [6.45, 7) is 9.71. The number of thiocarbonyl (C=S) groups is 1. The fourth-order valence-electron chi connectivity index (χ4n) is 4.47. The predicted octanol–water partition coefficient (Wildman–Crippen LogP) is 4.70. The van der Waals surface area contributed by atoms with Gasteiger partial charge in [-0.25, -0.2) is 0 Å². The standard InChI is InChI=1S/C24H30N4OS/c1-3-18-16-28(14-10-17(18)2)23(29)20-9-11-25-22-8-7-19(15-21(20)22)26-24(30)27-12-5-4-6-13-27/h3,7-9,11,15,17-18H,1,4-6,10,12-14,16H2,2H3,(H,26,30). The zero-order valence-electron chi connectivity index (χ0n) is 17.6. The number of anilines is 1. The minimum absolute atomic E-state index is 0.0666. The second kappa shape index (κ2) is 9.13. The molecule has 1 aromatic carbocycles. The molecule has 1 aromatic heterocycles. The lowest BCUT2D eigenvalue weighted by Crippen LogP contribution is -2.42. The van der Waals surface area contributed by atoms with Crippen molar-refractivity contribution in [3.05, 3.63) is 48.7 Å². The summed E-state index contributed by atoms with van der Waals surface area (Å²) in [5.74, 6) is 0.971. The largest absolute Gasteiger partial charge is 0.349 e. The second-order valence-electron chi connectivity index (χ2n) is 8.48. The molecule has 2 fully saturated rings. The molecule has 2 unspecified atom stereocenters. The molecule has 0 saturated carbocycles. The van der Waals surface area contributed by atoms with Gasteiger partial charge in [0.25, 0.3) is 5.91 Å². The third kappa shape index (κ3) is 4.33. The summed E-state index contributed by atoms with van der Waals surface area (Å²) in [6.07, 6.45) is 8.35. The molecule has 158 valence electrons. The number of piperidine rings is 2. The summed E-state index contributed by atoms with van der Waals surface area (Å²) in [7, 11) is 0. The van der Waals surface area contributed by atoms with E-state index in [9.17, 15) is 4.79 Å². The van der Waals surface area contributed by atoms with Crippen LogP contribution >= 0.6 is 12.2 Å². The Hall–Kier alpha value is -2.47. The average Bonchev–Trinajstić information content (AvgIpc) is 2.79. The maximum atomic E-state index is 13.4. The van der Waals surface area contributed by atoms with Gasteiger partial charge in [0.2, 0.25) is 0 Å². The van der Waals surface area contributed by atoms with Crippen molar-refractivity contribution in [1.82, 2.24) is 14.8 Å². The Morgan fingerprint density at radius 3 is 2.77 bits per heavy atom. The summed E-state index contributed by atoms with van der Waals surface area (Å²) in [4.78, 5) is 22.0. The van der Waals surface area contributed by atoms with Crippen LogP contribution in [0.25, 0.3) is 10.9 Å². The number of aromatic nitrogens is 1. The van der Waals surface area contributed by atoms with Crippen molar-refractivity contribution in [2.24, 2.45) is 11.8 Å². The van der Waals surface area contributed by atoms with Gasteiger partial charge in [0.15, 0.2) is 5.11 Å². The number of benzene rings is 1. The topological polar surface area (TPSA) is 48.5 Å². The zero-order chi connectivity index (χ0) is 21.1. The highest BCUT2D eigenvalue weighted by molar-refractivity contribution is 7.80. The number of carbonyl (C=O) groups excluding carboxylic acids is 1. The number of likely N-dealkylation sites (tertiary alicyclic amines) is 2. The van der Waals surface area contributed by atoms with Crippen molar-refractivity contribution < 1.29 is 4.79 Å². The van der Waals surface area contributed by atoms with Gasteiger partial charge in [0.1, 0.15) is 0 Å². The third-order valence-corrected chi connectivity index (χ3v) is 6.83. The van der Waals surface area contributed by atoms with Crippen LogP contribution < -0.4 is 5.32 Å². The molecular weight excluding hydrogens is 392 g/mol. The molecule has 4 rings (SSSR count). The highest BCUT2D eigenvalue weighted by atomic mass is 32.1. The lowest BCUT2D eigenvalue weighted by molar-refractivity contribution is 0.0652. The van der Waals surface area contributed by atoms with Crippen LogP contribution in [-0.2, 0) is 0 Å². The molecule has 0 bridgehead atoms. The SMILES string of the molecule is C=CC1CN(C(=O)c2ccnc3ccc(NC(=S)N4CCCCC4)cc23)CCC1C. The van der Waals surface area contributed by atoms with Gasteiger partial charge >= 0.3 is 0 Å². The summed E-state index contributed by atoms with van der Waals surface area (Å²) in [5, 5.41) is 4.98. The van der Waals surface area contributed by atoms with Crippen LogP contribution in [0.15, 0.2) is 43.1 Å². The van der Waals surface area contributed by atoms with Gasteiger partial charge < -0.3 is 15.1 Å².